The Hall–Kier alpha value is -0.420. The molecule has 2 aliphatic rings. The maximum Gasteiger partial charge on any atom is 0.191 e. The smallest absolute Gasteiger partial charge is 0.191 e. The van der Waals surface area contributed by atoms with Gasteiger partial charge in [0, 0.05) is 63.3 Å². The Morgan fingerprint density at radius 3 is 2.63 bits per heavy atom. The minimum atomic E-state index is 0. The lowest BCUT2D eigenvalue weighted by Crippen LogP contribution is -2.53. The first-order valence-electron chi connectivity index (χ1n) is 11.3. The molecule has 2 fully saturated rings. The third-order valence-corrected chi connectivity index (χ3v) is 7.58. The van der Waals surface area contributed by atoms with Crippen LogP contribution in [0.4, 0.5) is 0 Å². The molecule has 0 saturated carbocycles. The van der Waals surface area contributed by atoms with Crippen molar-refractivity contribution in [3.63, 3.8) is 0 Å². The standard InChI is InChI=1S/C22H40N6S.HI/c1-5-27-11-13-28(14-12-27)18(2)16-24-22(23-3)25-17-19-8-6-10-26(4)21(19)20-9-7-15-29-20;/h7,9,15,18-19,21H,5-6,8,10-14,16-17H2,1-4H3,(H2,23,24,25);1H. The first-order chi connectivity index (χ1) is 14.1. The minimum absolute atomic E-state index is 0. The van der Waals surface area contributed by atoms with Crippen LogP contribution in [0.1, 0.15) is 37.6 Å². The van der Waals surface area contributed by atoms with Crippen molar-refractivity contribution in [1.82, 2.24) is 25.3 Å². The van der Waals surface area contributed by atoms with Gasteiger partial charge < -0.3 is 15.5 Å². The van der Waals surface area contributed by atoms with Crippen LogP contribution < -0.4 is 10.6 Å². The van der Waals surface area contributed by atoms with Gasteiger partial charge in [-0.15, -0.1) is 35.3 Å². The fourth-order valence-electron chi connectivity index (χ4n) is 4.72. The molecule has 6 nitrogen and oxygen atoms in total. The van der Waals surface area contributed by atoms with Crippen LogP contribution in [0.3, 0.4) is 0 Å². The summed E-state index contributed by atoms with van der Waals surface area (Å²) in [6, 6.07) is 5.50. The molecule has 1 aromatic rings. The number of likely N-dealkylation sites (N-methyl/N-ethyl adjacent to an activating group) is 1. The third kappa shape index (κ3) is 7.05. The van der Waals surface area contributed by atoms with Crippen LogP contribution in [0.15, 0.2) is 22.5 Å². The Kier molecular flexibility index (Phi) is 11.4. The number of guanidine groups is 1. The molecule has 0 bridgehead atoms. The highest BCUT2D eigenvalue weighted by Gasteiger charge is 2.31. The predicted octanol–water partition coefficient (Wildman–Crippen LogP) is 2.94. The van der Waals surface area contributed by atoms with Crippen molar-refractivity contribution in [2.75, 3.05) is 66.5 Å². The summed E-state index contributed by atoms with van der Waals surface area (Å²) in [5.74, 6) is 1.55. The van der Waals surface area contributed by atoms with Gasteiger partial charge in [0.25, 0.3) is 0 Å². The molecule has 1 aromatic heterocycles. The molecule has 0 spiro atoms. The molecule has 0 amide bonds. The van der Waals surface area contributed by atoms with E-state index >= 15 is 0 Å². The van der Waals surface area contributed by atoms with Gasteiger partial charge in [-0.3, -0.25) is 14.8 Å². The quantitative estimate of drug-likeness (QED) is 0.312. The first-order valence-corrected chi connectivity index (χ1v) is 12.1. The summed E-state index contributed by atoms with van der Waals surface area (Å²) >= 11 is 1.88. The summed E-state index contributed by atoms with van der Waals surface area (Å²) in [7, 11) is 4.15. The van der Waals surface area contributed by atoms with Crippen molar-refractivity contribution >= 4 is 41.3 Å². The topological polar surface area (TPSA) is 46.1 Å². The van der Waals surface area contributed by atoms with Crippen molar-refractivity contribution in [2.24, 2.45) is 10.9 Å². The summed E-state index contributed by atoms with van der Waals surface area (Å²) in [6.07, 6.45) is 2.55. The van der Waals surface area contributed by atoms with E-state index < -0.39 is 0 Å². The summed E-state index contributed by atoms with van der Waals surface area (Å²) in [6.45, 7) is 13.5. The zero-order valence-corrected chi connectivity index (χ0v) is 22.3. The van der Waals surface area contributed by atoms with Crippen LogP contribution >= 0.6 is 35.3 Å². The number of thiophene rings is 1. The number of likely N-dealkylation sites (tertiary alicyclic amines) is 1. The SMILES string of the molecule is CCN1CCN(C(C)CNC(=NC)NCC2CCCN(C)C2c2cccs2)CC1.I. The zero-order valence-electron chi connectivity index (χ0n) is 19.1. The lowest BCUT2D eigenvalue weighted by molar-refractivity contribution is 0.107. The summed E-state index contributed by atoms with van der Waals surface area (Å²) in [5, 5.41) is 9.38. The number of piperidine rings is 1. The molecule has 0 aromatic carbocycles. The van der Waals surface area contributed by atoms with Crippen LogP contribution in [-0.4, -0.2) is 93.2 Å². The Morgan fingerprint density at radius 2 is 2.00 bits per heavy atom. The van der Waals surface area contributed by atoms with Gasteiger partial charge in [-0.05, 0) is 57.3 Å². The van der Waals surface area contributed by atoms with Gasteiger partial charge in [0.2, 0.25) is 0 Å². The number of halogens is 1. The van der Waals surface area contributed by atoms with E-state index in [2.05, 4.69) is 68.7 Å². The van der Waals surface area contributed by atoms with Gasteiger partial charge in [-0.1, -0.05) is 13.0 Å². The number of piperazine rings is 1. The molecule has 8 heteroatoms. The second kappa shape index (κ2) is 13.2. The highest BCUT2D eigenvalue weighted by Crippen LogP contribution is 2.36. The van der Waals surface area contributed by atoms with Gasteiger partial charge in [0.1, 0.15) is 0 Å². The van der Waals surface area contributed by atoms with Crippen molar-refractivity contribution in [2.45, 2.75) is 38.8 Å². The monoisotopic (exact) mass is 548 g/mol. The molecule has 3 unspecified atom stereocenters. The van der Waals surface area contributed by atoms with Crippen LogP contribution in [0.2, 0.25) is 0 Å². The van der Waals surface area contributed by atoms with Crippen LogP contribution in [-0.2, 0) is 0 Å². The van der Waals surface area contributed by atoms with E-state index in [1.807, 2.05) is 18.4 Å². The molecule has 172 valence electrons. The van der Waals surface area contributed by atoms with Gasteiger partial charge in [-0.25, -0.2) is 0 Å². The fraction of sp³-hybridized carbons (Fsp3) is 0.773. The van der Waals surface area contributed by atoms with Gasteiger partial charge in [0.15, 0.2) is 5.96 Å². The minimum Gasteiger partial charge on any atom is -0.356 e. The van der Waals surface area contributed by atoms with Crippen molar-refractivity contribution in [1.29, 1.82) is 0 Å². The Morgan fingerprint density at radius 1 is 1.23 bits per heavy atom. The van der Waals surface area contributed by atoms with E-state index in [9.17, 15) is 0 Å². The molecular formula is C22H41IN6S. The lowest BCUT2D eigenvalue weighted by Gasteiger charge is -2.39. The van der Waals surface area contributed by atoms with Gasteiger partial charge in [-0.2, -0.15) is 0 Å². The van der Waals surface area contributed by atoms with E-state index in [0.717, 1.165) is 19.0 Å². The molecule has 30 heavy (non-hydrogen) atoms. The molecule has 0 aliphatic carbocycles. The van der Waals surface area contributed by atoms with Crippen LogP contribution in [0.25, 0.3) is 0 Å². The van der Waals surface area contributed by atoms with Crippen molar-refractivity contribution in [3.8, 4) is 0 Å². The number of hydrogen-bond donors (Lipinski definition) is 2. The predicted molar refractivity (Wildman–Crippen MR) is 140 cm³/mol. The van der Waals surface area contributed by atoms with E-state index in [1.165, 1.54) is 57.0 Å². The van der Waals surface area contributed by atoms with Crippen LogP contribution in [0.5, 0.6) is 0 Å². The second-order valence-corrected chi connectivity index (χ2v) is 9.48. The maximum absolute atomic E-state index is 4.48. The van der Waals surface area contributed by atoms with Crippen LogP contribution in [0, 0.1) is 5.92 Å². The first kappa shape index (κ1) is 25.8. The molecule has 3 rings (SSSR count). The molecule has 3 heterocycles. The highest BCUT2D eigenvalue weighted by atomic mass is 127. The van der Waals surface area contributed by atoms with E-state index in [4.69, 9.17) is 0 Å². The summed E-state index contributed by atoms with van der Waals surface area (Å²) in [5.41, 5.74) is 0. The third-order valence-electron chi connectivity index (χ3n) is 6.64. The maximum atomic E-state index is 4.48. The zero-order chi connectivity index (χ0) is 20.6. The van der Waals surface area contributed by atoms with E-state index in [0.29, 0.717) is 18.0 Å². The largest absolute Gasteiger partial charge is 0.356 e. The fourth-order valence-corrected chi connectivity index (χ4v) is 5.71. The van der Waals surface area contributed by atoms with Crippen molar-refractivity contribution < 1.29 is 0 Å². The lowest BCUT2D eigenvalue weighted by atomic mass is 9.88. The Balaban J connectivity index is 0.00000320. The number of nitrogens with zero attached hydrogens (tertiary/aromatic N) is 4. The molecular weight excluding hydrogens is 507 g/mol. The molecule has 0 radical (unpaired) electrons. The van der Waals surface area contributed by atoms with E-state index in [-0.39, 0.29) is 24.0 Å². The number of nitrogens with one attached hydrogen (secondary N) is 2. The van der Waals surface area contributed by atoms with Crippen molar-refractivity contribution in [3.05, 3.63) is 22.4 Å². The normalized spacial score (nSPS) is 25.5. The molecule has 2 aliphatic heterocycles. The second-order valence-electron chi connectivity index (χ2n) is 8.50. The van der Waals surface area contributed by atoms with Gasteiger partial charge in [0.05, 0.1) is 0 Å². The number of rotatable bonds is 7. The molecule has 3 atom stereocenters. The van der Waals surface area contributed by atoms with E-state index in [1.54, 1.807) is 0 Å². The summed E-state index contributed by atoms with van der Waals surface area (Å²) in [4.78, 5) is 13.6. The highest BCUT2D eigenvalue weighted by molar-refractivity contribution is 14.0. The molecule has 2 N–H and O–H groups in total. The molecule has 2 saturated heterocycles. The average Bonchev–Trinajstić information content (AvgIpc) is 3.28. The Bertz CT molecular complexity index is 617. The number of aliphatic imine (C=N–C) groups is 1. The Labute approximate surface area is 204 Å². The number of hydrogen-bond acceptors (Lipinski definition) is 5. The average molecular weight is 549 g/mol. The summed E-state index contributed by atoms with van der Waals surface area (Å²) < 4.78 is 0. The van der Waals surface area contributed by atoms with Gasteiger partial charge >= 0.3 is 0 Å².